The van der Waals surface area contributed by atoms with Gasteiger partial charge in [0.2, 0.25) is 5.91 Å². The summed E-state index contributed by atoms with van der Waals surface area (Å²) in [5.74, 6) is 0.164. The first kappa shape index (κ1) is 23.5. The van der Waals surface area contributed by atoms with Crippen LogP contribution < -0.4 is 16.0 Å². The smallest absolute Gasteiger partial charge is 0.262 e. The van der Waals surface area contributed by atoms with Crippen LogP contribution >= 0.6 is 22.9 Å². The summed E-state index contributed by atoms with van der Waals surface area (Å²) in [6.45, 7) is 3.95. The van der Waals surface area contributed by atoms with Crippen LogP contribution in [0.4, 0.5) is 5.69 Å². The Morgan fingerprint density at radius 1 is 1.26 bits per heavy atom. The van der Waals surface area contributed by atoms with Gasteiger partial charge in [0.15, 0.2) is 0 Å². The second-order valence-electron chi connectivity index (χ2n) is 8.23. The van der Waals surface area contributed by atoms with Gasteiger partial charge in [-0.25, -0.2) is 0 Å². The molecule has 1 saturated carbocycles. The van der Waals surface area contributed by atoms with Crippen LogP contribution in [0.5, 0.6) is 0 Å². The van der Waals surface area contributed by atoms with E-state index in [9.17, 15) is 9.59 Å². The molecule has 8 heteroatoms. The Hall–Kier alpha value is -2.12. The van der Waals surface area contributed by atoms with Crippen LogP contribution in [0.1, 0.15) is 71.7 Å². The number of nitrogens with zero attached hydrogens (tertiary/aromatic N) is 1. The van der Waals surface area contributed by atoms with Crippen LogP contribution in [-0.4, -0.2) is 29.9 Å². The molecule has 3 N–H and O–H groups in total. The average molecular weight is 463 g/mol. The summed E-state index contributed by atoms with van der Waals surface area (Å²) in [6, 6.07) is 5.10. The van der Waals surface area contributed by atoms with Crippen molar-refractivity contribution in [1.29, 1.82) is 0 Å². The standard InChI is InChI=1S/C23H31ClN4O2S/c1-14-18(12-17(24)13-26-14)27-15(2)20-9-10-21(31-20)23(30)28-19(22(29)25-3)11-16-7-5-4-6-8-16/h9-10,12-13,15-16,19,27H,4-8,11H2,1-3H3,(H,25,29)(H,28,30). The van der Waals surface area contributed by atoms with Crippen molar-refractivity contribution in [2.24, 2.45) is 5.92 Å². The summed E-state index contributed by atoms with van der Waals surface area (Å²) < 4.78 is 0. The highest BCUT2D eigenvalue weighted by Gasteiger charge is 2.26. The van der Waals surface area contributed by atoms with Crippen molar-refractivity contribution < 1.29 is 9.59 Å². The van der Waals surface area contributed by atoms with Crippen molar-refractivity contribution in [3.63, 3.8) is 0 Å². The maximum absolute atomic E-state index is 12.9. The van der Waals surface area contributed by atoms with E-state index in [4.69, 9.17) is 11.6 Å². The predicted octanol–water partition coefficient (Wildman–Crippen LogP) is 5.09. The number of rotatable bonds is 8. The van der Waals surface area contributed by atoms with E-state index in [-0.39, 0.29) is 17.9 Å². The molecule has 2 atom stereocenters. The second kappa shape index (κ2) is 11.0. The molecule has 2 aromatic heterocycles. The fourth-order valence-corrected chi connectivity index (χ4v) is 5.13. The van der Waals surface area contributed by atoms with Gasteiger partial charge in [0.1, 0.15) is 6.04 Å². The summed E-state index contributed by atoms with van der Waals surface area (Å²) in [4.78, 5) is 31.2. The zero-order valence-corrected chi connectivity index (χ0v) is 19.9. The third-order valence-electron chi connectivity index (χ3n) is 5.86. The molecule has 31 heavy (non-hydrogen) atoms. The number of halogens is 1. The number of thiophene rings is 1. The minimum absolute atomic E-state index is 0.0116. The molecule has 0 radical (unpaired) electrons. The zero-order chi connectivity index (χ0) is 22.4. The fourth-order valence-electron chi connectivity index (χ4n) is 4.06. The summed E-state index contributed by atoms with van der Waals surface area (Å²) in [5.41, 5.74) is 1.73. The molecule has 1 fully saturated rings. The number of hydrogen-bond donors (Lipinski definition) is 3. The number of likely N-dealkylation sites (N-methyl/N-ethyl adjacent to an activating group) is 1. The maximum Gasteiger partial charge on any atom is 0.262 e. The van der Waals surface area contributed by atoms with Crippen molar-refractivity contribution in [1.82, 2.24) is 15.6 Å². The lowest BCUT2D eigenvalue weighted by atomic mass is 9.84. The van der Waals surface area contributed by atoms with Gasteiger partial charge in [-0.3, -0.25) is 14.6 Å². The van der Waals surface area contributed by atoms with Gasteiger partial charge in [-0.2, -0.15) is 0 Å². The first-order valence-corrected chi connectivity index (χ1v) is 12.1. The van der Waals surface area contributed by atoms with E-state index in [0.29, 0.717) is 22.2 Å². The second-order valence-corrected chi connectivity index (χ2v) is 9.79. The molecule has 6 nitrogen and oxygen atoms in total. The van der Waals surface area contributed by atoms with Gasteiger partial charge in [0, 0.05) is 18.1 Å². The summed E-state index contributed by atoms with van der Waals surface area (Å²) in [6.07, 6.45) is 8.27. The molecule has 2 aromatic rings. The lowest BCUT2D eigenvalue weighted by molar-refractivity contribution is -0.123. The van der Waals surface area contributed by atoms with Gasteiger partial charge in [0.25, 0.3) is 5.91 Å². The number of anilines is 1. The predicted molar refractivity (Wildman–Crippen MR) is 127 cm³/mol. The Kier molecular flexibility index (Phi) is 8.32. The van der Waals surface area contributed by atoms with Crippen LogP contribution in [-0.2, 0) is 4.79 Å². The zero-order valence-electron chi connectivity index (χ0n) is 18.3. The molecule has 0 aromatic carbocycles. The van der Waals surface area contributed by atoms with Gasteiger partial charge in [-0.05, 0) is 44.4 Å². The van der Waals surface area contributed by atoms with E-state index in [2.05, 4.69) is 20.9 Å². The van der Waals surface area contributed by atoms with Gasteiger partial charge in [-0.15, -0.1) is 11.3 Å². The van der Waals surface area contributed by atoms with Crippen LogP contribution in [0.15, 0.2) is 24.4 Å². The third kappa shape index (κ3) is 6.43. The summed E-state index contributed by atoms with van der Waals surface area (Å²) >= 11 is 7.49. The molecule has 1 aliphatic carbocycles. The number of amides is 2. The van der Waals surface area contributed by atoms with E-state index < -0.39 is 6.04 Å². The van der Waals surface area contributed by atoms with Gasteiger partial charge >= 0.3 is 0 Å². The van der Waals surface area contributed by atoms with Crippen LogP contribution in [0.2, 0.25) is 5.02 Å². The van der Waals surface area contributed by atoms with E-state index in [1.54, 1.807) is 13.2 Å². The van der Waals surface area contributed by atoms with E-state index >= 15 is 0 Å². The Morgan fingerprint density at radius 2 is 2.00 bits per heavy atom. The van der Waals surface area contributed by atoms with E-state index in [0.717, 1.165) is 29.1 Å². The molecule has 0 saturated heterocycles. The lowest BCUT2D eigenvalue weighted by Crippen LogP contribution is -2.46. The molecule has 3 rings (SSSR count). The minimum Gasteiger partial charge on any atom is -0.376 e. The number of carbonyl (C=O) groups is 2. The normalized spacial score (nSPS) is 16.4. The van der Waals surface area contributed by atoms with E-state index in [1.165, 1.54) is 30.6 Å². The fraction of sp³-hybridized carbons (Fsp3) is 0.522. The van der Waals surface area contributed by atoms with Gasteiger partial charge < -0.3 is 16.0 Å². The van der Waals surface area contributed by atoms with E-state index in [1.807, 2.05) is 32.0 Å². The average Bonchev–Trinajstić information content (AvgIpc) is 3.26. The third-order valence-corrected chi connectivity index (χ3v) is 7.34. The minimum atomic E-state index is -0.498. The Balaban J connectivity index is 1.64. The molecule has 0 bridgehead atoms. The summed E-state index contributed by atoms with van der Waals surface area (Å²) in [7, 11) is 1.62. The Labute approximate surface area is 193 Å². The van der Waals surface area contributed by atoms with Crippen molar-refractivity contribution >= 4 is 40.4 Å². The highest BCUT2D eigenvalue weighted by atomic mass is 35.5. The molecular weight excluding hydrogens is 432 g/mol. The van der Waals surface area contributed by atoms with Crippen molar-refractivity contribution in [3.05, 3.63) is 44.9 Å². The number of carbonyl (C=O) groups excluding carboxylic acids is 2. The van der Waals surface area contributed by atoms with Crippen molar-refractivity contribution in [2.45, 2.75) is 64.5 Å². The Morgan fingerprint density at radius 3 is 2.71 bits per heavy atom. The lowest BCUT2D eigenvalue weighted by Gasteiger charge is -2.26. The highest BCUT2D eigenvalue weighted by Crippen LogP contribution is 2.29. The monoisotopic (exact) mass is 462 g/mol. The largest absolute Gasteiger partial charge is 0.376 e. The van der Waals surface area contributed by atoms with Gasteiger partial charge in [0.05, 0.1) is 27.3 Å². The molecule has 2 amide bonds. The molecule has 0 aliphatic heterocycles. The molecule has 168 valence electrons. The molecular formula is C23H31ClN4O2S. The SMILES string of the molecule is CNC(=O)C(CC1CCCCC1)NC(=O)c1ccc(C(C)Nc2cc(Cl)cnc2C)s1. The quantitative estimate of drug-likeness (QED) is 0.510. The molecule has 2 unspecified atom stereocenters. The number of pyridine rings is 1. The number of nitrogens with one attached hydrogen (secondary N) is 3. The number of aromatic nitrogens is 1. The van der Waals surface area contributed by atoms with Crippen LogP contribution in [0, 0.1) is 12.8 Å². The Bertz CT molecular complexity index is 911. The van der Waals surface area contributed by atoms with Crippen LogP contribution in [0.25, 0.3) is 0 Å². The molecule has 2 heterocycles. The molecule has 0 spiro atoms. The van der Waals surface area contributed by atoms with Crippen molar-refractivity contribution in [3.8, 4) is 0 Å². The van der Waals surface area contributed by atoms with Crippen LogP contribution in [0.3, 0.4) is 0 Å². The maximum atomic E-state index is 12.9. The first-order valence-electron chi connectivity index (χ1n) is 10.9. The summed E-state index contributed by atoms with van der Waals surface area (Å²) in [5, 5.41) is 9.64. The number of hydrogen-bond acceptors (Lipinski definition) is 5. The topological polar surface area (TPSA) is 83.1 Å². The number of aryl methyl sites for hydroxylation is 1. The highest BCUT2D eigenvalue weighted by molar-refractivity contribution is 7.14. The van der Waals surface area contributed by atoms with Gasteiger partial charge in [-0.1, -0.05) is 43.7 Å². The molecule has 1 aliphatic rings. The van der Waals surface area contributed by atoms with Crippen molar-refractivity contribution in [2.75, 3.05) is 12.4 Å². The first-order chi connectivity index (χ1) is 14.9.